The lowest BCUT2D eigenvalue weighted by Crippen LogP contribution is -2.31. The number of fused-ring (bicyclic) bond motifs is 7. The summed E-state index contributed by atoms with van der Waals surface area (Å²) in [5.74, 6) is 2.47. The van der Waals surface area contributed by atoms with Crippen LogP contribution in [0.4, 0.5) is 0 Å². The Morgan fingerprint density at radius 3 is 2.00 bits per heavy atom. The zero-order valence-corrected chi connectivity index (χ0v) is 26.6. The zero-order chi connectivity index (χ0) is 31.7. The average Bonchev–Trinajstić information content (AvgIpc) is 3.77. The molecular weight excluding hydrogens is 587 g/mol. The van der Waals surface area contributed by atoms with Gasteiger partial charge in [-0.2, -0.15) is 0 Å². The van der Waals surface area contributed by atoms with Gasteiger partial charge in [0.15, 0.2) is 11.6 Å². The highest BCUT2D eigenvalue weighted by Crippen LogP contribution is 2.64. The van der Waals surface area contributed by atoms with Crippen molar-refractivity contribution in [1.82, 2.24) is 4.57 Å². The van der Waals surface area contributed by atoms with E-state index in [2.05, 4.69) is 77.4 Å². The third-order valence-corrected chi connectivity index (χ3v) is 12.5. The van der Waals surface area contributed by atoms with Crippen molar-refractivity contribution in [3.05, 3.63) is 143 Å². The van der Waals surface area contributed by atoms with Crippen LogP contribution in [0.3, 0.4) is 0 Å². The molecule has 6 aromatic carbocycles. The first kappa shape index (κ1) is 26.8. The molecule has 0 N–H and O–H groups in total. The second kappa shape index (κ2) is 9.41. The van der Waals surface area contributed by atoms with E-state index >= 15 is 0 Å². The van der Waals surface area contributed by atoms with Gasteiger partial charge in [-0.15, -0.1) is 0 Å². The molecule has 5 aliphatic carbocycles. The van der Waals surface area contributed by atoms with E-state index < -0.39 is 0 Å². The number of carbonyl (C=O) groups excluding carboxylic acids is 2. The van der Waals surface area contributed by atoms with E-state index in [1.165, 1.54) is 59.6 Å². The molecule has 2 unspecified atom stereocenters. The molecule has 12 rings (SSSR count). The molecule has 48 heavy (non-hydrogen) atoms. The Morgan fingerprint density at radius 2 is 1.29 bits per heavy atom. The lowest BCUT2D eigenvalue weighted by molar-refractivity contribution is 0.0990. The van der Waals surface area contributed by atoms with Crippen LogP contribution >= 0.6 is 0 Å². The van der Waals surface area contributed by atoms with Crippen LogP contribution in [0.25, 0.3) is 55.1 Å². The highest BCUT2D eigenvalue weighted by molar-refractivity contribution is 6.42. The van der Waals surface area contributed by atoms with Gasteiger partial charge in [-0.25, -0.2) is 0 Å². The molecule has 4 fully saturated rings. The second-order valence-corrected chi connectivity index (χ2v) is 15.1. The Labute approximate surface area is 278 Å². The molecule has 3 heteroatoms. The van der Waals surface area contributed by atoms with Gasteiger partial charge in [0.05, 0.1) is 16.6 Å². The largest absolute Gasteiger partial charge is 0.309 e. The minimum Gasteiger partial charge on any atom is -0.309 e. The van der Waals surface area contributed by atoms with Gasteiger partial charge in [0.1, 0.15) is 0 Å². The van der Waals surface area contributed by atoms with Gasteiger partial charge in [-0.1, -0.05) is 72.8 Å². The fraction of sp³-hybridized carbons (Fsp3) is 0.200. The van der Waals surface area contributed by atoms with Crippen molar-refractivity contribution in [2.75, 3.05) is 0 Å². The summed E-state index contributed by atoms with van der Waals surface area (Å²) in [5, 5.41) is 6.63. The van der Waals surface area contributed by atoms with Crippen molar-refractivity contribution in [1.29, 1.82) is 0 Å². The summed E-state index contributed by atoms with van der Waals surface area (Å²) in [4.78, 5) is 26.9. The van der Waals surface area contributed by atoms with Crippen LogP contribution in [-0.2, 0) is 5.41 Å². The highest BCUT2D eigenvalue weighted by Gasteiger charge is 2.56. The number of Topliss-reactive ketones (excluding diaryl/α,β-unsaturated/α-hetero) is 2. The lowest BCUT2D eigenvalue weighted by atomic mass is 9.66. The van der Waals surface area contributed by atoms with Crippen LogP contribution in [-0.4, -0.2) is 16.1 Å². The fourth-order valence-corrected chi connectivity index (χ4v) is 10.6. The van der Waals surface area contributed by atoms with Gasteiger partial charge in [0, 0.05) is 27.6 Å². The normalized spacial score (nSPS) is 24.2. The number of ketones is 2. The lowest BCUT2D eigenvalue weighted by Gasteiger charge is -2.39. The Balaban J connectivity index is 0.998. The van der Waals surface area contributed by atoms with E-state index in [1.54, 1.807) is 11.6 Å². The number of rotatable bonds is 3. The monoisotopic (exact) mass is 619 g/mol. The smallest absolute Gasteiger partial charge is 0.197 e. The van der Waals surface area contributed by atoms with E-state index in [0.717, 1.165) is 44.9 Å². The van der Waals surface area contributed by atoms with Crippen LogP contribution in [0.1, 0.15) is 63.9 Å². The molecule has 4 bridgehead atoms. The van der Waals surface area contributed by atoms with Crippen LogP contribution in [0.2, 0.25) is 0 Å². The van der Waals surface area contributed by atoms with Crippen molar-refractivity contribution in [2.45, 2.75) is 37.5 Å². The summed E-state index contributed by atoms with van der Waals surface area (Å²) in [6.07, 6.45) is 8.87. The van der Waals surface area contributed by atoms with Gasteiger partial charge < -0.3 is 4.57 Å². The van der Waals surface area contributed by atoms with Gasteiger partial charge in [0.2, 0.25) is 0 Å². The molecule has 0 aliphatic heterocycles. The maximum Gasteiger partial charge on any atom is 0.197 e. The first-order chi connectivity index (χ1) is 23.5. The molecule has 2 atom stereocenters. The highest BCUT2D eigenvalue weighted by atomic mass is 16.2. The summed E-state index contributed by atoms with van der Waals surface area (Å²) in [7, 11) is 0. The molecule has 4 saturated carbocycles. The Bertz CT molecular complexity index is 2520. The van der Waals surface area contributed by atoms with Gasteiger partial charge in [0.25, 0.3) is 0 Å². The maximum absolute atomic E-state index is 13.4. The number of para-hydroxylation sites is 1. The third kappa shape index (κ3) is 3.59. The summed E-state index contributed by atoms with van der Waals surface area (Å²) >= 11 is 0. The second-order valence-electron chi connectivity index (χ2n) is 15.1. The summed E-state index contributed by atoms with van der Waals surface area (Å²) < 4.78 is 2.41. The molecule has 0 radical (unpaired) electrons. The minimum atomic E-state index is -0.196. The quantitative estimate of drug-likeness (QED) is 0.146. The summed E-state index contributed by atoms with van der Waals surface area (Å²) in [6, 6.07) is 40.5. The van der Waals surface area contributed by atoms with E-state index in [-0.39, 0.29) is 17.1 Å². The van der Waals surface area contributed by atoms with Crippen LogP contribution in [0.5, 0.6) is 0 Å². The molecule has 0 amide bonds. The first-order valence-corrected chi connectivity index (χ1v) is 17.4. The fourth-order valence-electron chi connectivity index (χ4n) is 10.6. The zero-order valence-electron chi connectivity index (χ0n) is 26.6. The summed E-state index contributed by atoms with van der Waals surface area (Å²) in [5.41, 5.74) is 7.61. The van der Waals surface area contributed by atoms with Crippen molar-refractivity contribution < 1.29 is 9.59 Å². The SMILES string of the molecule is O=C1C(=Cc2ccc3c(ccc4c3c3ccccc3n4-c3ccc(C45CC6CC(C4)C(C6)C5)cc3)c2)C(=O)c2cc3ccccc3cc21. The van der Waals surface area contributed by atoms with E-state index in [4.69, 9.17) is 0 Å². The van der Waals surface area contributed by atoms with Crippen molar-refractivity contribution in [3.8, 4) is 5.69 Å². The van der Waals surface area contributed by atoms with Crippen molar-refractivity contribution >= 4 is 61.0 Å². The molecule has 1 aromatic heterocycles. The predicted molar refractivity (Wildman–Crippen MR) is 194 cm³/mol. The number of hydrogen-bond donors (Lipinski definition) is 0. The number of aromatic nitrogens is 1. The van der Waals surface area contributed by atoms with E-state index in [9.17, 15) is 9.59 Å². The van der Waals surface area contributed by atoms with E-state index in [1.807, 2.05) is 42.5 Å². The standard InChI is InChI=1S/C45H33NO2/c47-43-37-21-28-5-1-2-6-29(28)22-38(37)44(48)39(43)20-26-9-15-35-30(17-26)10-16-41-42(35)36-7-3-4-8-40(36)46(41)34-13-11-33(12-14-34)45-23-27-18-31(24-45)32(19-27)25-45/h1-17,20-22,27,31-32H,18-19,23-25H2. The number of allylic oxidation sites excluding steroid dienone is 1. The molecule has 0 spiro atoms. The molecule has 7 aromatic rings. The molecule has 230 valence electrons. The van der Waals surface area contributed by atoms with Gasteiger partial charge in [-0.3, -0.25) is 9.59 Å². The van der Waals surface area contributed by atoms with Crippen molar-refractivity contribution in [3.63, 3.8) is 0 Å². The molecule has 1 heterocycles. The number of nitrogens with zero attached hydrogens (tertiary/aromatic N) is 1. The molecular formula is C45H33NO2. The topological polar surface area (TPSA) is 39.1 Å². The Kier molecular flexibility index (Phi) is 5.25. The number of hydrogen-bond acceptors (Lipinski definition) is 2. The van der Waals surface area contributed by atoms with Gasteiger partial charge in [-0.05, 0) is 136 Å². The Morgan fingerprint density at radius 1 is 0.604 bits per heavy atom. The third-order valence-electron chi connectivity index (χ3n) is 12.5. The number of carbonyl (C=O) groups is 2. The van der Waals surface area contributed by atoms with E-state index in [0.29, 0.717) is 16.5 Å². The number of benzene rings is 6. The van der Waals surface area contributed by atoms with Crippen molar-refractivity contribution in [2.24, 2.45) is 17.8 Å². The van der Waals surface area contributed by atoms with Gasteiger partial charge >= 0.3 is 0 Å². The predicted octanol–water partition coefficient (Wildman–Crippen LogP) is 10.6. The van der Waals surface area contributed by atoms with Crippen LogP contribution < -0.4 is 0 Å². The minimum absolute atomic E-state index is 0.196. The molecule has 5 aliphatic rings. The average molecular weight is 620 g/mol. The molecule has 3 nitrogen and oxygen atoms in total. The Hall–Kier alpha value is -5.28. The first-order valence-electron chi connectivity index (χ1n) is 17.4. The molecule has 0 saturated heterocycles. The summed E-state index contributed by atoms with van der Waals surface area (Å²) in [6.45, 7) is 0. The van der Waals surface area contributed by atoms with Crippen LogP contribution in [0, 0.1) is 17.8 Å². The van der Waals surface area contributed by atoms with Crippen LogP contribution in [0.15, 0.2) is 121 Å². The maximum atomic E-state index is 13.4.